The number of aliphatic hydroxyl groups excluding tert-OH is 1. The molecule has 0 bridgehead atoms. The molecule has 0 aliphatic carbocycles. The molecule has 100 valence electrons. The van der Waals surface area contributed by atoms with Crippen molar-refractivity contribution in [1.82, 2.24) is 10.3 Å². The molecular formula is C14H16N2O3. The molecule has 0 saturated carbocycles. The zero-order valence-electron chi connectivity index (χ0n) is 10.5. The Morgan fingerprint density at radius 3 is 2.84 bits per heavy atom. The summed E-state index contributed by atoms with van der Waals surface area (Å²) in [4.78, 5) is 15.5. The van der Waals surface area contributed by atoms with E-state index in [4.69, 9.17) is 4.42 Å². The molecule has 5 heteroatoms. The molecule has 0 aliphatic heterocycles. The van der Waals surface area contributed by atoms with Crippen molar-refractivity contribution < 1.29 is 14.3 Å². The number of nitrogens with one attached hydrogen (secondary N) is 1. The highest BCUT2D eigenvalue weighted by Gasteiger charge is 2.11. The van der Waals surface area contributed by atoms with Crippen LogP contribution in [0.2, 0.25) is 0 Å². The average Bonchev–Trinajstić information content (AvgIpc) is 2.98. The zero-order chi connectivity index (χ0) is 13.5. The van der Waals surface area contributed by atoms with E-state index in [1.54, 1.807) is 24.5 Å². The maximum Gasteiger partial charge on any atom is 0.220 e. The smallest absolute Gasteiger partial charge is 0.220 e. The fourth-order valence-corrected chi connectivity index (χ4v) is 1.69. The highest BCUT2D eigenvalue weighted by molar-refractivity contribution is 5.76. The first-order valence-corrected chi connectivity index (χ1v) is 6.13. The van der Waals surface area contributed by atoms with Gasteiger partial charge >= 0.3 is 0 Å². The molecule has 2 N–H and O–H groups in total. The molecule has 19 heavy (non-hydrogen) atoms. The lowest BCUT2D eigenvalue weighted by Crippen LogP contribution is -2.28. The molecule has 1 amide bonds. The zero-order valence-corrected chi connectivity index (χ0v) is 10.5. The van der Waals surface area contributed by atoms with E-state index in [0.29, 0.717) is 18.6 Å². The van der Waals surface area contributed by atoms with Gasteiger partial charge in [-0.2, -0.15) is 0 Å². The normalized spacial score (nSPS) is 12.1. The summed E-state index contributed by atoms with van der Waals surface area (Å²) in [5.41, 5.74) is 1.07. The number of aryl methyl sites for hydroxylation is 1. The predicted octanol–water partition coefficient (Wildman–Crippen LogP) is 1.46. The third-order valence-corrected chi connectivity index (χ3v) is 2.75. The minimum atomic E-state index is -0.806. The summed E-state index contributed by atoms with van der Waals surface area (Å²) in [7, 11) is 0. The van der Waals surface area contributed by atoms with E-state index in [1.807, 2.05) is 12.1 Å². The van der Waals surface area contributed by atoms with Crippen LogP contribution in [0.15, 0.2) is 47.3 Å². The Kier molecular flexibility index (Phi) is 4.69. The number of aromatic nitrogens is 1. The molecule has 2 heterocycles. The molecule has 0 spiro atoms. The SMILES string of the molecule is O=C(CCc1ccncc1)NCC(O)c1ccco1. The van der Waals surface area contributed by atoms with E-state index in [0.717, 1.165) is 5.56 Å². The second-order valence-corrected chi connectivity index (χ2v) is 4.19. The first-order valence-electron chi connectivity index (χ1n) is 6.13. The van der Waals surface area contributed by atoms with Crippen molar-refractivity contribution in [2.45, 2.75) is 18.9 Å². The highest BCUT2D eigenvalue weighted by atomic mass is 16.4. The topological polar surface area (TPSA) is 75.4 Å². The van der Waals surface area contributed by atoms with E-state index >= 15 is 0 Å². The molecule has 5 nitrogen and oxygen atoms in total. The van der Waals surface area contributed by atoms with Gasteiger partial charge in [-0.1, -0.05) is 0 Å². The monoisotopic (exact) mass is 260 g/mol. The van der Waals surface area contributed by atoms with Crippen molar-refractivity contribution in [3.63, 3.8) is 0 Å². The molecular weight excluding hydrogens is 244 g/mol. The minimum absolute atomic E-state index is 0.0950. The fourth-order valence-electron chi connectivity index (χ4n) is 1.69. The van der Waals surface area contributed by atoms with Gasteiger partial charge in [0, 0.05) is 18.8 Å². The largest absolute Gasteiger partial charge is 0.467 e. The van der Waals surface area contributed by atoms with Crippen molar-refractivity contribution in [1.29, 1.82) is 0 Å². The average molecular weight is 260 g/mol. The van der Waals surface area contributed by atoms with Crippen LogP contribution in [0, 0.1) is 0 Å². The number of hydrogen-bond acceptors (Lipinski definition) is 4. The Hall–Kier alpha value is -2.14. The summed E-state index contributed by atoms with van der Waals surface area (Å²) in [5, 5.41) is 12.4. The lowest BCUT2D eigenvalue weighted by atomic mass is 10.1. The first-order chi connectivity index (χ1) is 9.25. The van der Waals surface area contributed by atoms with Crippen molar-refractivity contribution in [3.8, 4) is 0 Å². The molecule has 2 aromatic rings. The maximum atomic E-state index is 11.6. The minimum Gasteiger partial charge on any atom is -0.467 e. The number of nitrogens with zero attached hydrogens (tertiary/aromatic N) is 1. The number of rotatable bonds is 6. The van der Waals surface area contributed by atoms with Gasteiger partial charge in [0.25, 0.3) is 0 Å². The van der Waals surface area contributed by atoms with Crippen molar-refractivity contribution in [2.24, 2.45) is 0 Å². The molecule has 1 atom stereocenters. The van der Waals surface area contributed by atoms with E-state index in [1.165, 1.54) is 6.26 Å². The molecule has 1 unspecified atom stereocenters. The molecule has 0 radical (unpaired) electrons. The van der Waals surface area contributed by atoms with E-state index in [9.17, 15) is 9.90 Å². The summed E-state index contributed by atoms with van der Waals surface area (Å²) in [5.74, 6) is 0.358. The second kappa shape index (κ2) is 6.70. The third-order valence-electron chi connectivity index (χ3n) is 2.75. The number of aliphatic hydroxyl groups is 1. The van der Waals surface area contributed by atoms with Gasteiger partial charge < -0.3 is 14.8 Å². The molecule has 0 aromatic carbocycles. The highest BCUT2D eigenvalue weighted by Crippen LogP contribution is 2.11. The van der Waals surface area contributed by atoms with Crippen molar-refractivity contribution in [3.05, 3.63) is 54.2 Å². The van der Waals surface area contributed by atoms with Gasteiger partial charge in [0.2, 0.25) is 5.91 Å². The molecule has 2 aromatic heterocycles. The van der Waals surface area contributed by atoms with Crippen molar-refractivity contribution >= 4 is 5.91 Å². The van der Waals surface area contributed by atoms with Gasteiger partial charge in [-0.25, -0.2) is 0 Å². The Bertz CT molecular complexity index is 497. The van der Waals surface area contributed by atoms with Gasteiger partial charge in [-0.05, 0) is 36.2 Å². The van der Waals surface area contributed by atoms with E-state index in [2.05, 4.69) is 10.3 Å². The van der Waals surface area contributed by atoms with Crippen LogP contribution < -0.4 is 5.32 Å². The number of furan rings is 1. The molecule has 0 saturated heterocycles. The van der Waals surface area contributed by atoms with Crippen LogP contribution in [0.4, 0.5) is 0 Å². The number of pyridine rings is 1. The van der Waals surface area contributed by atoms with Crippen LogP contribution in [0.25, 0.3) is 0 Å². The molecule has 2 rings (SSSR count). The maximum absolute atomic E-state index is 11.6. The van der Waals surface area contributed by atoms with Gasteiger partial charge in [-0.3, -0.25) is 9.78 Å². The van der Waals surface area contributed by atoms with Crippen LogP contribution >= 0.6 is 0 Å². The van der Waals surface area contributed by atoms with Crippen LogP contribution in [-0.4, -0.2) is 22.5 Å². The predicted molar refractivity (Wildman–Crippen MR) is 69.2 cm³/mol. The number of carbonyl (C=O) groups is 1. The number of amides is 1. The van der Waals surface area contributed by atoms with Gasteiger partial charge in [-0.15, -0.1) is 0 Å². The Balaban J connectivity index is 1.70. The Labute approximate surface area is 111 Å². The first kappa shape index (κ1) is 13.3. The second-order valence-electron chi connectivity index (χ2n) is 4.19. The number of hydrogen-bond donors (Lipinski definition) is 2. The summed E-state index contributed by atoms with van der Waals surface area (Å²) in [6.45, 7) is 0.155. The standard InChI is InChI=1S/C14H16N2O3/c17-12(13-2-1-9-19-13)10-16-14(18)4-3-11-5-7-15-8-6-11/h1-2,5-9,12,17H,3-4,10H2,(H,16,18). The third kappa shape index (κ3) is 4.22. The molecule has 0 aliphatic rings. The lowest BCUT2D eigenvalue weighted by Gasteiger charge is -2.09. The van der Waals surface area contributed by atoms with Crippen LogP contribution in [-0.2, 0) is 11.2 Å². The Morgan fingerprint density at radius 1 is 1.37 bits per heavy atom. The lowest BCUT2D eigenvalue weighted by molar-refractivity contribution is -0.121. The number of carbonyl (C=O) groups excluding carboxylic acids is 1. The van der Waals surface area contributed by atoms with E-state index in [-0.39, 0.29) is 12.5 Å². The summed E-state index contributed by atoms with van der Waals surface area (Å²) in [6, 6.07) is 7.13. The Morgan fingerprint density at radius 2 is 2.16 bits per heavy atom. The van der Waals surface area contributed by atoms with Gasteiger partial charge in [0.1, 0.15) is 11.9 Å². The summed E-state index contributed by atoms with van der Waals surface area (Å²) < 4.78 is 5.05. The quantitative estimate of drug-likeness (QED) is 0.824. The summed E-state index contributed by atoms with van der Waals surface area (Å²) in [6.07, 6.45) is 5.13. The summed E-state index contributed by atoms with van der Waals surface area (Å²) >= 11 is 0. The van der Waals surface area contributed by atoms with Crippen LogP contribution in [0.5, 0.6) is 0 Å². The van der Waals surface area contributed by atoms with Crippen molar-refractivity contribution in [2.75, 3.05) is 6.54 Å². The van der Waals surface area contributed by atoms with Crippen LogP contribution in [0.1, 0.15) is 23.8 Å². The van der Waals surface area contributed by atoms with Gasteiger partial charge in [0.15, 0.2) is 0 Å². The van der Waals surface area contributed by atoms with E-state index < -0.39 is 6.10 Å². The van der Waals surface area contributed by atoms with Gasteiger partial charge in [0.05, 0.1) is 12.8 Å². The van der Waals surface area contributed by atoms with Crippen LogP contribution in [0.3, 0.4) is 0 Å². The fraction of sp³-hybridized carbons (Fsp3) is 0.286. The molecule has 0 fully saturated rings.